The lowest BCUT2D eigenvalue weighted by molar-refractivity contribution is 0.0963. The molecular formula is C19H24FIN4O2. The zero-order valence-corrected chi connectivity index (χ0v) is 17.6. The van der Waals surface area contributed by atoms with Gasteiger partial charge in [-0.3, -0.25) is 9.79 Å². The van der Waals surface area contributed by atoms with Gasteiger partial charge >= 0.3 is 0 Å². The number of nitrogens with zero attached hydrogens (tertiary/aromatic N) is 1. The Balaban J connectivity index is 0.00000364. The molecule has 0 aromatic heterocycles. The fourth-order valence-electron chi connectivity index (χ4n) is 2.40. The van der Waals surface area contributed by atoms with Crippen LogP contribution >= 0.6 is 24.0 Å². The minimum atomic E-state index is -0.650. The van der Waals surface area contributed by atoms with Crippen molar-refractivity contribution in [1.29, 1.82) is 0 Å². The second-order valence-corrected chi connectivity index (χ2v) is 5.67. The van der Waals surface area contributed by atoms with E-state index in [2.05, 4.69) is 20.9 Å². The molecule has 0 radical (unpaired) electrons. The van der Waals surface area contributed by atoms with Crippen LogP contribution in [0.2, 0.25) is 0 Å². The molecular weight excluding hydrogens is 462 g/mol. The van der Waals surface area contributed by atoms with Crippen molar-refractivity contribution >= 4 is 35.8 Å². The molecule has 0 heterocycles. The molecule has 0 saturated heterocycles. The van der Waals surface area contributed by atoms with Crippen LogP contribution in [0, 0.1) is 5.82 Å². The van der Waals surface area contributed by atoms with E-state index in [1.54, 1.807) is 26.2 Å². The fraction of sp³-hybridized carbons (Fsp3) is 0.263. The van der Waals surface area contributed by atoms with Gasteiger partial charge in [0.25, 0.3) is 5.91 Å². The summed E-state index contributed by atoms with van der Waals surface area (Å²) < 4.78 is 13.3. The number of guanidine groups is 1. The first kappa shape index (κ1) is 22.7. The molecule has 0 aliphatic rings. The van der Waals surface area contributed by atoms with Gasteiger partial charge < -0.3 is 21.1 Å². The van der Waals surface area contributed by atoms with Crippen molar-refractivity contribution in [2.45, 2.75) is 13.0 Å². The van der Waals surface area contributed by atoms with Gasteiger partial charge in [0.15, 0.2) is 17.5 Å². The number of nitrogens with one attached hydrogen (secondary N) is 3. The quantitative estimate of drug-likeness (QED) is 0.287. The van der Waals surface area contributed by atoms with Crippen LogP contribution in [0.5, 0.6) is 5.75 Å². The molecule has 8 heteroatoms. The topological polar surface area (TPSA) is 85.8 Å². The van der Waals surface area contributed by atoms with Gasteiger partial charge in [-0.25, -0.2) is 4.39 Å². The highest BCUT2D eigenvalue weighted by Gasteiger charge is 2.05. The van der Waals surface area contributed by atoms with Crippen molar-refractivity contribution in [2.75, 3.05) is 20.6 Å². The first-order chi connectivity index (χ1) is 12.5. The lowest BCUT2D eigenvalue weighted by atomic mass is 10.1. The van der Waals surface area contributed by atoms with E-state index in [-0.39, 0.29) is 35.6 Å². The van der Waals surface area contributed by atoms with Gasteiger partial charge in [0.05, 0.1) is 0 Å². The number of hydrogen-bond donors (Lipinski definition) is 4. The van der Waals surface area contributed by atoms with Crippen molar-refractivity contribution < 1.29 is 14.3 Å². The van der Waals surface area contributed by atoms with Crippen molar-refractivity contribution in [2.24, 2.45) is 4.99 Å². The van der Waals surface area contributed by atoms with Crippen LogP contribution in [0.1, 0.15) is 21.5 Å². The number of hydrogen-bond acceptors (Lipinski definition) is 3. The number of phenolic OH excluding ortho intramolecular Hbond substituents is 1. The molecule has 146 valence electrons. The summed E-state index contributed by atoms with van der Waals surface area (Å²) in [5.74, 6) is -0.544. The third-order valence-corrected chi connectivity index (χ3v) is 3.82. The van der Waals surface area contributed by atoms with Gasteiger partial charge in [-0.05, 0) is 41.8 Å². The molecule has 4 N–H and O–H groups in total. The molecule has 0 fully saturated rings. The second-order valence-electron chi connectivity index (χ2n) is 5.67. The molecule has 2 aromatic rings. The first-order valence-electron chi connectivity index (χ1n) is 8.26. The van der Waals surface area contributed by atoms with E-state index < -0.39 is 5.82 Å². The molecule has 2 aromatic carbocycles. The van der Waals surface area contributed by atoms with Gasteiger partial charge in [0, 0.05) is 32.7 Å². The molecule has 0 bridgehead atoms. The van der Waals surface area contributed by atoms with Crippen molar-refractivity contribution in [3.63, 3.8) is 0 Å². The van der Waals surface area contributed by atoms with Crippen LogP contribution in [-0.2, 0) is 13.0 Å². The summed E-state index contributed by atoms with van der Waals surface area (Å²) in [5, 5.41) is 18.1. The van der Waals surface area contributed by atoms with Crippen LogP contribution in [0.3, 0.4) is 0 Å². The number of benzene rings is 2. The average Bonchev–Trinajstić information content (AvgIpc) is 2.66. The van der Waals surface area contributed by atoms with E-state index in [4.69, 9.17) is 0 Å². The van der Waals surface area contributed by atoms with E-state index in [0.717, 1.165) is 12.0 Å². The zero-order valence-electron chi connectivity index (χ0n) is 15.3. The normalized spacial score (nSPS) is 10.7. The van der Waals surface area contributed by atoms with E-state index >= 15 is 0 Å². The van der Waals surface area contributed by atoms with Crippen LogP contribution in [-0.4, -0.2) is 37.6 Å². The Labute approximate surface area is 175 Å². The maximum atomic E-state index is 13.3. The molecule has 0 unspecified atom stereocenters. The van der Waals surface area contributed by atoms with Gasteiger partial charge in [0.1, 0.15) is 0 Å². The van der Waals surface area contributed by atoms with Crippen molar-refractivity contribution in [1.82, 2.24) is 16.0 Å². The minimum absolute atomic E-state index is 0. The number of rotatable bonds is 6. The first-order valence-corrected chi connectivity index (χ1v) is 8.26. The summed E-state index contributed by atoms with van der Waals surface area (Å²) >= 11 is 0. The molecule has 6 nitrogen and oxygen atoms in total. The summed E-state index contributed by atoms with van der Waals surface area (Å²) in [7, 11) is 3.26. The number of phenols is 1. The molecule has 0 aliphatic heterocycles. The largest absolute Gasteiger partial charge is 0.505 e. The molecule has 0 saturated carbocycles. The lowest BCUT2D eigenvalue weighted by Gasteiger charge is -2.12. The Morgan fingerprint density at radius 1 is 1.15 bits per heavy atom. The lowest BCUT2D eigenvalue weighted by Crippen LogP contribution is -2.37. The summed E-state index contributed by atoms with van der Waals surface area (Å²) in [5.41, 5.74) is 2.36. The fourth-order valence-corrected chi connectivity index (χ4v) is 2.40. The number of aliphatic imine (C=N–C) groups is 1. The number of aromatic hydroxyl groups is 1. The van der Waals surface area contributed by atoms with E-state index in [9.17, 15) is 14.3 Å². The highest BCUT2D eigenvalue weighted by atomic mass is 127. The van der Waals surface area contributed by atoms with E-state index in [1.165, 1.54) is 12.1 Å². The zero-order chi connectivity index (χ0) is 18.9. The molecule has 2 rings (SSSR count). The van der Waals surface area contributed by atoms with E-state index in [1.807, 2.05) is 18.2 Å². The SMILES string of the molecule is CN=C(NCCc1cccc(C(=O)NC)c1)NCc1ccc(O)c(F)c1.I. The Morgan fingerprint density at radius 3 is 2.59 bits per heavy atom. The predicted octanol–water partition coefficient (Wildman–Crippen LogP) is 2.42. The van der Waals surface area contributed by atoms with E-state index in [0.29, 0.717) is 30.2 Å². The Morgan fingerprint density at radius 2 is 1.93 bits per heavy atom. The standard InChI is InChI=1S/C19H23FN4O2.HI/c1-21-18(26)15-5-3-4-13(10-15)8-9-23-19(22-2)24-12-14-6-7-17(25)16(20)11-14;/h3-7,10-11,25H,8-9,12H2,1-2H3,(H,21,26)(H2,22,23,24);1H. The highest BCUT2D eigenvalue weighted by Crippen LogP contribution is 2.15. The van der Waals surface area contributed by atoms with Gasteiger partial charge in [0.2, 0.25) is 0 Å². The highest BCUT2D eigenvalue weighted by molar-refractivity contribution is 14.0. The average molecular weight is 486 g/mol. The second kappa shape index (κ2) is 11.4. The molecule has 27 heavy (non-hydrogen) atoms. The molecule has 0 aliphatic carbocycles. The van der Waals surface area contributed by atoms with Gasteiger partial charge in [-0.1, -0.05) is 18.2 Å². The Kier molecular flexibility index (Phi) is 9.55. The number of carbonyl (C=O) groups is 1. The summed E-state index contributed by atoms with van der Waals surface area (Å²) in [4.78, 5) is 15.8. The van der Waals surface area contributed by atoms with Crippen LogP contribution in [0.4, 0.5) is 4.39 Å². The third kappa shape index (κ3) is 7.05. The van der Waals surface area contributed by atoms with Crippen LogP contribution in [0.15, 0.2) is 47.5 Å². The summed E-state index contributed by atoms with van der Waals surface area (Å²) in [6.45, 7) is 1.00. The number of carbonyl (C=O) groups excluding carboxylic acids is 1. The number of amides is 1. The maximum absolute atomic E-state index is 13.3. The third-order valence-electron chi connectivity index (χ3n) is 3.82. The molecule has 0 atom stereocenters. The number of halogens is 2. The van der Waals surface area contributed by atoms with Crippen molar-refractivity contribution in [3.8, 4) is 5.75 Å². The predicted molar refractivity (Wildman–Crippen MR) is 115 cm³/mol. The summed E-state index contributed by atoms with van der Waals surface area (Å²) in [6.07, 6.45) is 0.722. The Bertz CT molecular complexity index is 799. The Hall–Kier alpha value is -2.36. The van der Waals surface area contributed by atoms with Crippen LogP contribution in [0.25, 0.3) is 0 Å². The van der Waals surface area contributed by atoms with Gasteiger partial charge in [-0.15, -0.1) is 24.0 Å². The monoisotopic (exact) mass is 486 g/mol. The van der Waals surface area contributed by atoms with Crippen molar-refractivity contribution in [3.05, 3.63) is 65.0 Å². The molecule has 1 amide bonds. The smallest absolute Gasteiger partial charge is 0.251 e. The van der Waals surface area contributed by atoms with Gasteiger partial charge in [-0.2, -0.15) is 0 Å². The summed E-state index contributed by atoms with van der Waals surface area (Å²) in [6, 6.07) is 11.7. The van der Waals surface area contributed by atoms with Crippen LogP contribution < -0.4 is 16.0 Å². The molecule has 0 spiro atoms. The minimum Gasteiger partial charge on any atom is -0.505 e. The maximum Gasteiger partial charge on any atom is 0.251 e.